The van der Waals surface area contributed by atoms with E-state index >= 15 is 0 Å². The molecule has 0 saturated carbocycles. The first-order chi connectivity index (χ1) is 8.15. The van der Waals surface area contributed by atoms with Crippen molar-refractivity contribution < 1.29 is 0 Å². The van der Waals surface area contributed by atoms with Gasteiger partial charge in [0.05, 0.1) is 5.02 Å². The molecule has 4 heteroatoms. The number of anilines is 1. The van der Waals surface area contributed by atoms with Gasteiger partial charge in [0, 0.05) is 21.2 Å². The van der Waals surface area contributed by atoms with E-state index in [0.29, 0.717) is 5.02 Å². The highest BCUT2D eigenvalue weighted by molar-refractivity contribution is 9.10. The molecular weight excluding hydrogens is 365 g/mol. The molecule has 0 unspecified atom stereocenters. The average molecular weight is 375 g/mol. The van der Waals surface area contributed by atoms with E-state index in [1.807, 2.05) is 30.3 Å². The number of rotatable bonds is 3. The quantitative estimate of drug-likeness (QED) is 0.749. The summed E-state index contributed by atoms with van der Waals surface area (Å²) in [5.41, 5.74) is 2.24. The topological polar surface area (TPSA) is 12.0 Å². The fourth-order valence-corrected chi connectivity index (χ4v) is 2.10. The molecule has 0 heterocycles. The minimum atomic E-state index is 0.714. The van der Waals surface area contributed by atoms with Crippen LogP contribution in [0.15, 0.2) is 51.4 Å². The zero-order valence-electron chi connectivity index (χ0n) is 8.88. The molecule has 17 heavy (non-hydrogen) atoms. The molecule has 0 spiro atoms. The van der Waals surface area contributed by atoms with Crippen molar-refractivity contribution in [3.05, 3.63) is 62.0 Å². The standard InChI is InChI=1S/C13H10Br2ClN/c14-10-3-1-9(2-4-10)8-17-11-5-6-12(15)13(16)7-11/h1-7,17H,8H2. The average Bonchev–Trinajstić information content (AvgIpc) is 2.33. The van der Waals surface area contributed by atoms with E-state index in [1.165, 1.54) is 5.56 Å². The normalized spacial score (nSPS) is 10.3. The van der Waals surface area contributed by atoms with Crippen LogP contribution in [0.5, 0.6) is 0 Å². The second kappa shape index (κ2) is 5.89. The van der Waals surface area contributed by atoms with Crippen LogP contribution in [0.3, 0.4) is 0 Å². The summed E-state index contributed by atoms with van der Waals surface area (Å²) in [5, 5.41) is 4.04. The first kappa shape index (κ1) is 12.9. The Bertz CT molecular complexity index is 511. The van der Waals surface area contributed by atoms with Gasteiger partial charge in [-0.3, -0.25) is 0 Å². The van der Waals surface area contributed by atoms with Gasteiger partial charge in [0.15, 0.2) is 0 Å². The fourth-order valence-electron chi connectivity index (χ4n) is 1.41. The van der Waals surface area contributed by atoms with Gasteiger partial charge in [-0.25, -0.2) is 0 Å². The molecule has 2 aromatic rings. The van der Waals surface area contributed by atoms with Crippen LogP contribution in [0.2, 0.25) is 5.02 Å². The predicted molar refractivity (Wildman–Crippen MR) is 80.6 cm³/mol. The van der Waals surface area contributed by atoms with E-state index in [9.17, 15) is 0 Å². The maximum Gasteiger partial charge on any atom is 0.0568 e. The van der Waals surface area contributed by atoms with Gasteiger partial charge >= 0.3 is 0 Å². The summed E-state index contributed by atoms with van der Waals surface area (Å²) >= 11 is 12.8. The Morgan fingerprint density at radius 3 is 2.35 bits per heavy atom. The largest absolute Gasteiger partial charge is 0.381 e. The van der Waals surface area contributed by atoms with Crippen LogP contribution >= 0.6 is 43.5 Å². The van der Waals surface area contributed by atoms with E-state index < -0.39 is 0 Å². The Morgan fingerprint density at radius 1 is 1.00 bits per heavy atom. The summed E-state index contributed by atoms with van der Waals surface area (Å²) in [6.45, 7) is 0.783. The van der Waals surface area contributed by atoms with E-state index in [-0.39, 0.29) is 0 Å². The molecular formula is C13H10Br2ClN. The lowest BCUT2D eigenvalue weighted by atomic mass is 10.2. The maximum atomic E-state index is 6.02. The summed E-state index contributed by atoms with van der Waals surface area (Å²) in [4.78, 5) is 0. The van der Waals surface area contributed by atoms with Crippen LogP contribution in [0.4, 0.5) is 5.69 Å². The summed E-state index contributed by atoms with van der Waals surface area (Å²) in [6, 6.07) is 14.1. The summed E-state index contributed by atoms with van der Waals surface area (Å²) in [6.07, 6.45) is 0. The van der Waals surface area contributed by atoms with Crippen molar-refractivity contribution in [1.82, 2.24) is 0 Å². The second-order valence-corrected chi connectivity index (χ2v) is 5.79. The molecule has 0 aliphatic rings. The fraction of sp³-hybridized carbons (Fsp3) is 0.0769. The number of nitrogens with one attached hydrogen (secondary N) is 1. The summed E-state index contributed by atoms with van der Waals surface area (Å²) in [5.74, 6) is 0. The van der Waals surface area contributed by atoms with Gasteiger partial charge in [-0.2, -0.15) is 0 Å². The molecule has 2 aromatic carbocycles. The minimum absolute atomic E-state index is 0.714. The first-order valence-electron chi connectivity index (χ1n) is 5.08. The van der Waals surface area contributed by atoms with E-state index in [1.54, 1.807) is 0 Å². The molecule has 0 saturated heterocycles. The van der Waals surface area contributed by atoms with Crippen molar-refractivity contribution in [2.75, 3.05) is 5.32 Å². The first-order valence-corrected chi connectivity index (χ1v) is 7.05. The molecule has 0 aliphatic carbocycles. The van der Waals surface area contributed by atoms with E-state index in [0.717, 1.165) is 21.2 Å². The van der Waals surface area contributed by atoms with Crippen molar-refractivity contribution in [3.63, 3.8) is 0 Å². The van der Waals surface area contributed by atoms with Crippen LogP contribution in [0.1, 0.15) is 5.56 Å². The molecule has 88 valence electrons. The third kappa shape index (κ3) is 3.73. The van der Waals surface area contributed by atoms with E-state index in [2.05, 4.69) is 49.3 Å². The Morgan fingerprint density at radius 2 is 1.71 bits per heavy atom. The molecule has 0 bridgehead atoms. The third-order valence-electron chi connectivity index (χ3n) is 2.33. The van der Waals surface area contributed by atoms with Crippen molar-refractivity contribution in [2.45, 2.75) is 6.54 Å². The van der Waals surface area contributed by atoms with Gasteiger partial charge in [-0.05, 0) is 51.8 Å². The highest BCUT2D eigenvalue weighted by Crippen LogP contribution is 2.25. The highest BCUT2D eigenvalue weighted by Gasteiger charge is 1.99. The number of hydrogen-bond acceptors (Lipinski definition) is 1. The molecule has 0 fully saturated rings. The van der Waals surface area contributed by atoms with Crippen LogP contribution in [-0.2, 0) is 6.54 Å². The molecule has 0 amide bonds. The van der Waals surface area contributed by atoms with Crippen LogP contribution in [0.25, 0.3) is 0 Å². The number of benzene rings is 2. The Kier molecular flexibility index (Phi) is 4.48. The monoisotopic (exact) mass is 373 g/mol. The van der Waals surface area contributed by atoms with Gasteiger partial charge in [0.2, 0.25) is 0 Å². The molecule has 0 radical (unpaired) electrons. The molecule has 1 N–H and O–H groups in total. The Labute approximate surface area is 122 Å². The molecule has 0 aliphatic heterocycles. The predicted octanol–water partition coefficient (Wildman–Crippen LogP) is 5.48. The van der Waals surface area contributed by atoms with Gasteiger partial charge in [0.25, 0.3) is 0 Å². The van der Waals surface area contributed by atoms with Crippen molar-refractivity contribution in [2.24, 2.45) is 0 Å². The maximum absolute atomic E-state index is 6.02. The minimum Gasteiger partial charge on any atom is -0.381 e. The van der Waals surface area contributed by atoms with Crippen molar-refractivity contribution >= 4 is 49.1 Å². The van der Waals surface area contributed by atoms with Gasteiger partial charge < -0.3 is 5.32 Å². The highest BCUT2D eigenvalue weighted by atomic mass is 79.9. The second-order valence-electron chi connectivity index (χ2n) is 3.61. The smallest absolute Gasteiger partial charge is 0.0568 e. The molecule has 1 nitrogen and oxygen atoms in total. The summed E-state index contributed by atoms with van der Waals surface area (Å²) < 4.78 is 2.00. The lowest BCUT2D eigenvalue weighted by Crippen LogP contribution is -1.98. The zero-order valence-corrected chi connectivity index (χ0v) is 12.8. The van der Waals surface area contributed by atoms with Crippen LogP contribution in [-0.4, -0.2) is 0 Å². The Hall–Kier alpha value is -0.510. The SMILES string of the molecule is Clc1cc(NCc2ccc(Br)cc2)ccc1Br. The molecule has 0 atom stereocenters. The third-order valence-corrected chi connectivity index (χ3v) is 4.09. The van der Waals surface area contributed by atoms with Crippen molar-refractivity contribution in [3.8, 4) is 0 Å². The lowest BCUT2D eigenvalue weighted by molar-refractivity contribution is 1.15. The van der Waals surface area contributed by atoms with Gasteiger partial charge in [0.1, 0.15) is 0 Å². The van der Waals surface area contributed by atoms with Gasteiger partial charge in [-0.1, -0.05) is 39.7 Å². The zero-order chi connectivity index (χ0) is 12.3. The molecule has 0 aromatic heterocycles. The van der Waals surface area contributed by atoms with Crippen LogP contribution in [0, 0.1) is 0 Å². The molecule has 2 rings (SSSR count). The number of hydrogen-bond donors (Lipinski definition) is 1. The Balaban J connectivity index is 2.02. The van der Waals surface area contributed by atoms with E-state index in [4.69, 9.17) is 11.6 Å². The van der Waals surface area contributed by atoms with Gasteiger partial charge in [-0.15, -0.1) is 0 Å². The lowest BCUT2D eigenvalue weighted by Gasteiger charge is -2.07. The van der Waals surface area contributed by atoms with Crippen molar-refractivity contribution in [1.29, 1.82) is 0 Å². The van der Waals surface area contributed by atoms with Crippen LogP contribution < -0.4 is 5.32 Å². The summed E-state index contributed by atoms with van der Waals surface area (Å²) in [7, 11) is 0. The number of halogens is 3.